The monoisotopic (exact) mass is 287 g/mol. The molecule has 19 heavy (non-hydrogen) atoms. The van der Waals surface area contributed by atoms with Gasteiger partial charge in [0.2, 0.25) is 5.91 Å². The first-order valence-corrected chi connectivity index (χ1v) is 4.64. The van der Waals surface area contributed by atoms with Crippen LogP contribution in [0.5, 0.6) is 5.75 Å². The summed E-state index contributed by atoms with van der Waals surface area (Å²) in [4.78, 5) is 10.9. The van der Waals surface area contributed by atoms with Crippen LogP contribution in [0.3, 0.4) is 0 Å². The highest BCUT2D eigenvalue weighted by molar-refractivity contribution is 5.95. The van der Waals surface area contributed by atoms with Crippen molar-refractivity contribution in [1.29, 1.82) is 0 Å². The summed E-state index contributed by atoms with van der Waals surface area (Å²) in [7, 11) is 0.759. The van der Waals surface area contributed by atoms with E-state index in [4.69, 9.17) is 0 Å². The number of benzene rings is 1. The summed E-state index contributed by atoms with van der Waals surface area (Å²) in [6.07, 6.45) is -10.00. The Bertz CT molecular complexity index is 506. The minimum absolute atomic E-state index is 0.0493. The normalized spacial score (nSPS) is 12.4. The third-order valence-electron chi connectivity index (χ3n) is 2.20. The molecule has 0 radical (unpaired) electrons. The van der Waals surface area contributed by atoms with Crippen molar-refractivity contribution in [2.24, 2.45) is 5.73 Å². The molecule has 1 amide bonds. The van der Waals surface area contributed by atoms with Crippen LogP contribution < -0.4 is 10.5 Å². The Labute approximate surface area is 102 Å². The van der Waals surface area contributed by atoms with E-state index in [-0.39, 0.29) is 12.1 Å². The van der Waals surface area contributed by atoms with Gasteiger partial charge in [-0.15, -0.1) is 0 Å². The standard InChI is InChI=1S/C10H7F6NO2/c1-19-6-3-4(9(11,12)13)2-5(8(17)18)7(6)10(14,15)16/h2-3H,1H3,(H2,17,18). The van der Waals surface area contributed by atoms with E-state index in [0.717, 1.165) is 7.11 Å². The number of nitrogens with two attached hydrogens (primary N) is 1. The molecule has 2 N–H and O–H groups in total. The maximum atomic E-state index is 12.7. The second-order valence-corrected chi connectivity index (χ2v) is 3.46. The molecule has 9 heteroatoms. The summed E-state index contributed by atoms with van der Waals surface area (Å²) >= 11 is 0. The van der Waals surface area contributed by atoms with E-state index in [1.807, 2.05) is 0 Å². The summed E-state index contributed by atoms with van der Waals surface area (Å²) in [5.74, 6) is -2.74. The van der Waals surface area contributed by atoms with Crippen molar-refractivity contribution < 1.29 is 35.9 Å². The topological polar surface area (TPSA) is 52.3 Å². The Morgan fingerprint density at radius 3 is 1.95 bits per heavy atom. The SMILES string of the molecule is COc1cc(C(F)(F)F)cc(C(N)=O)c1C(F)(F)F. The van der Waals surface area contributed by atoms with Gasteiger partial charge < -0.3 is 10.5 Å². The third-order valence-corrected chi connectivity index (χ3v) is 2.20. The van der Waals surface area contributed by atoms with Gasteiger partial charge in [0.05, 0.1) is 18.2 Å². The van der Waals surface area contributed by atoms with Crippen molar-refractivity contribution >= 4 is 5.91 Å². The van der Waals surface area contributed by atoms with E-state index < -0.39 is 40.7 Å². The highest BCUT2D eigenvalue weighted by atomic mass is 19.4. The zero-order chi connectivity index (χ0) is 15.0. The van der Waals surface area contributed by atoms with Crippen LogP contribution in [0.15, 0.2) is 12.1 Å². The second-order valence-electron chi connectivity index (χ2n) is 3.46. The Morgan fingerprint density at radius 2 is 1.63 bits per heavy atom. The van der Waals surface area contributed by atoms with Gasteiger partial charge in [0.25, 0.3) is 0 Å². The number of ether oxygens (including phenoxy) is 1. The lowest BCUT2D eigenvalue weighted by Gasteiger charge is -2.17. The van der Waals surface area contributed by atoms with Crippen LogP contribution in [0.1, 0.15) is 21.5 Å². The minimum Gasteiger partial charge on any atom is -0.496 e. The molecular formula is C10H7F6NO2. The zero-order valence-electron chi connectivity index (χ0n) is 9.32. The number of carbonyl (C=O) groups is 1. The van der Waals surface area contributed by atoms with Crippen LogP contribution in [-0.2, 0) is 12.4 Å². The molecule has 106 valence electrons. The first kappa shape index (κ1) is 15.1. The average Bonchev–Trinajstić information content (AvgIpc) is 2.24. The van der Waals surface area contributed by atoms with Gasteiger partial charge in [-0.25, -0.2) is 0 Å². The maximum absolute atomic E-state index is 12.7. The molecule has 1 aromatic carbocycles. The van der Waals surface area contributed by atoms with E-state index in [1.54, 1.807) is 0 Å². The van der Waals surface area contributed by atoms with Crippen LogP contribution in [-0.4, -0.2) is 13.0 Å². The van der Waals surface area contributed by atoms with E-state index in [0.29, 0.717) is 0 Å². The number of amides is 1. The fraction of sp³-hybridized carbons (Fsp3) is 0.300. The first-order valence-electron chi connectivity index (χ1n) is 4.64. The van der Waals surface area contributed by atoms with E-state index >= 15 is 0 Å². The molecule has 1 rings (SSSR count). The Balaban J connectivity index is 3.69. The molecular weight excluding hydrogens is 280 g/mol. The van der Waals surface area contributed by atoms with Gasteiger partial charge >= 0.3 is 12.4 Å². The Morgan fingerprint density at radius 1 is 1.11 bits per heavy atom. The molecule has 0 heterocycles. The van der Waals surface area contributed by atoms with Gasteiger partial charge in [-0.1, -0.05) is 0 Å². The average molecular weight is 287 g/mol. The molecule has 0 aromatic heterocycles. The van der Waals surface area contributed by atoms with Gasteiger partial charge in [0.15, 0.2) is 0 Å². The third kappa shape index (κ3) is 3.09. The van der Waals surface area contributed by atoms with Crippen LogP contribution >= 0.6 is 0 Å². The van der Waals surface area contributed by atoms with Crippen LogP contribution in [0.25, 0.3) is 0 Å². The molecule has 0 atom stereocenters. The van der Waals surface area contributed by atoms with Gasteiger partial charge in [-0.3, -0.25) is 4.79 Å². The van der Waals surface area contributed by atoms with Crippen LogP contribution in [0.4, 0.5) is 26.3 Å². The minimum atomic E-state index is -5.07. The van der Waals surface area contributed by atoms with Crippen molar-refractivity contribution in [1.82, 2.24) is 0 Å². The fourth-order valence-electron chi connectivity index (χ4n) is 1.43. The van der Waals surface area contributed by atoms with Crippen molar-refractivity contribution in [3.63, 3.8) is 0 Å². The Kier molecular flexibility index (Phi) is 3.69. The predicted molar refractivity (Wildman–Crippen MR) is 51.5 cm³/mol. The summed E-state index contributed by atoms with van der Waals surface area (Å²) in [5, 5.41) is 0. The largest absolute Gasteiger partial charge is 0.496 e. The van der Waals surface area contributed by atoms with Crippen molar-refractivity contribution in [2.75, 3.05) is 7.11 Å². The number of rotatable bonds is 2. The molecule has 0 fully saturated rings. The van der Waals surface area contributed by atoms with Gasteiger partial charge in [0, 0.05) is 0 Å². The molecule has 0 spiro atoms. The smallest absolute Gasteiger partial charge is 0.420 e. The van der Waals surface area contributed by atoms with Gasteiger partial charge in [-0.2, -0.15) is 26.3 Å². The van der Waals surface area contributed by atoms with Crippen LogP contribution in [0, 0.1) is 0 Å². The zero-order valence-corrected chi connectivity index (χ0v) is 9.32. The highest BCUT2D eigenvalue weighted by Gasteiger charge is 2.41. The molecule has 0 aliphatic carbocycles. The number of methoxy groups -OCH3 is 1. The van der Waals surface area contributed by atoms with E-state index in [2.05, 4.69) is 10.5 Å². The number of carbonyl (C=O) groups excluding carboxylic acids is 1. The summed E-state index contributed by atoms with van der Waals surface area (Å²) in [6.45, 7) is 0. The maximum Gasteiger partial charge on any atom is 0.420 e. The number of hydrogen-bond donors (Lipinski definition) is 1. The van der Waals surface area contributed by atoms with E-state index in [9.17, 15) is 31.1 Å². The number of halogens is 6. The lowest BCUT2D eigenvalue weighted by atomic mass is 10.0. The number of alkyl halides is 6. The Hall–Kier alpha value is -1.93. The number of hydrogen-bond acceptors (Lipinski definition) is 2. The molecule has 0 aliphatic rings. The van der Waals surface area contributed by atoms with Crippen molar-refractivity contribution in [3.8, 4) is 5.75 Å². The first-order chi connectivity index (χ1) is 8.48. The molecule has 0 saturated heterocycles. The molecule has 0 aliphatic heterocycles. The molecule has 3 nitrogen and oxygen atoms in total. The van der Waals surface area contributed by atoms with Crippen LogP contribution in [0.2, 0.25) is 0 Å². The molecule has 0 unspecified atom stereocenters. The van der Waals surface area contributed by atoms with Crippen molar-refractivity contribution in [3.05, 3.63) is 28.8 Å². The van der Waals surface area contributed by atoms with Gasteiger partial charge in [0.1, 0.15) is 11.3 Å². The van der Waals surface area contributed by atoms with Crippen molar-refractivity contribution in [2.45, 2.75) is 12.4 Å². The predicted octanol–water partition coefficient (Wildman–Crippen LogP) is 2.83. The fourth-order valence-corrected chi connectivity index (χ4v) is 1.43. The lowest BCUT2D eigenvalue weighted by Crippen LogP contribution is -2.21. The summed E-state index contributed by atoms with van der Waals surface area (Å²) < 4.78 is 79.9. The van der Waals surface area contributed by atoms with E-state index in [1.165, 1.54) is 0 Å². The lowest BCUT2D eigenvalue weighted by molar-refractivity contribution is -0.142. The second kappa shape index (κ2) is 4.63. The summed E-state index contributed by atoms with van der Waals surface area (Å²) in [5.41, 5.74) is 0.311. The summed E-state index contributed by atoms with van der Waals surface area (Å²) in [6, 6.07) is 0.211. The number of primary amides is 1. The molecule has 0 saturated carbocycles. The highest BCUT2D eigenvalue weighted by Crippen LogP contribution is 2.42. The molecule has 0 bridgehead atoms. The molecule has 1 aromatic rings. The van der Waals surface area contributed by atoms with Gasteiger partial charge in [-0.05, 0) is 12.1 Å². The quantitative estimate of drug-likeness (QED) is 0.850.